The van der Waals surface area contributed by atoms with Crippen LogP contribution in [0.2, 0.25) is 0 Å². The van der Waals surface area contributed by atoms with E-state index in [0.29, 0.717) is 32.7 Å². The molecule has 0 saturated carbocycles. The Morgan fingerprint density at radius 2 is 0.840 bits per heavy atom. The molecule has 0 aromatic heterocycles. The fourth-order valence-corrected chi connectivity index (χ4v) is 2.90. The van der Waals surface area contributed by atoms with Gasteiger partial charge in [0.15, 0.2) is 0 Å². The molecule has 9 heteroatoms. The molecule has 0 heterocycles. The highest BCUT2D eigenvalue weighted by Crippen LogP contribution is 1.98. The van der Waals surface area contributed by atoms with E-state index >= 15 is 0 Å². The van der Waals surface area contributed by atoms with Crippen LogP contribution in [0.15, 0.2) is 0 Å². The lowest BCUT2D eigenvalue weighted by molar-refractivity contribution is 0.173. The number of hydrogen-bond acceptors (Lipinski definition) is 9. The van der Waals surface area contributed by atoms with Gasteiger partial charge in [-0.1, -0.05) is 0 Å². The van der Waals surface area contributed by atoms with Crippen molar-refractivity contribution < 1.29 is 0 Å². The molecule has 152 valence electrons. The minimum absolute atomic E-state index is 0.0972. The summed E-state index contributed by atoms with van der Waals surface area (Å²) in [6.45, 7) is 11.3. The fraction of sp³-hybridized carbons (Fsp3) is 1.00. The maximum absolute atomic E-state index is 6.20. The van der Waals surface area contributed by atoms with E-state index < -0.39 is 0 Å². The largest absolute Gasteiger partial charge is 0.330 e. The summed E-state index contributed by atoms with van der Waals surface area (Å²) in [4.78, 5) is 7.01. The van der Waals surface area contributed by atoms with Crippen LogP contribution in [0.1, 0.15) is 6.42 Å². The van der Waals surface area contributed by atoms with Crippen LogP contribution in [0, 0.1) is 0 Å². The van der Waals surface area contributed by atoms with Gasteiger partial charge in [0.1, 0.15) is 0 Å². The Kier molecular flexibility index (Phi) is 16.8. The Morgan fingerprint density at radius 1 is 0.480 bits per heavy atom. The second-order valence-corrected chi connectivity index (χ2v) is 6.48. The van der Waals surface area contributed by atoms with Gasteiger partial charge in [0.25, 0.3) is 0 Å². The zero-order chi connectivity index (χ0) is 18.9. The highest BCUT2D eigenvalue weighted by Gasteiger charge is 2.14. The molecule has 0 fully saturated rings. The van der Waals surface area contributed by atoms with Crippen LogP contribution in [-0.4, -0.2) is 112 Å². The second kappa shape index (κ2) is 17.1. The molecule has 0 aliphatic rings. The van der Waals surface area contributed by atoms with Crippen LogP contribution in [0.25, 0.3) is 0 Å². The van der Waals surface area contributed by atoms with Crippen molar-refractivity contribution in [3.05, 3.63) is 0 Å². The number of rotatable bonds is 18. The van der Waals surface area contributed by atoms with Crippen molar-refractivity contribution in [2.45, 2.75) is 12.5 Å². The number of nitrogens with two attached hydrogens (primary N) is 6. The van der Waals surface area contributed by atoms with Crippen LogP contribution in [0.4, 0.5) is 0 Å². The molecule has 0 saturated heterocycles. The van der Waals surface area contributed by atoms with Gasteiger partial charge in [-0.25, -0.2) is 0 Å². The summed E-state index contributed by atoms with van der Waals surface area (Å²) in [7, 11) is 0. The summed E-state index contributed by atoms with van der Waals surface area (Å²) in [6.07, 6.45) is 0.834. The van der Waals surface area contributed by atoms with Gasteiger partial charge in [-0.05, 0) is 13.0 Å². The quantitative estimate of drug-likeness (QED) is 0.145. The molecule has 0 radical (unpaired) electrons. The van der Waals surface area contributed by atoms with Gasteiger partial charge in [-0.3, -0.25) is 14.7 Å². The lowest BCUT2D eigenvalue weighted by Gasteiger charge is -2.31. The Morgan fingerprint density at radius 3 is 1.16 bits per heavy atom. The summed E-state index contributed by atoms with van der Waals surface area (Å²) in [5.41, 5.74) is 34.6. The summed E-state index contributed by atoms with van der Waals surface area (Å²) >= 11 is 0. The molecule has 0 aliphatic heterocycles. The summed E-state index contributed by atoms with van der Waals surface area (Å²) in [5.74, 6) is 0. The van der Waals surface area contributed by atoms with Gasteiger partial charge in [0, 0.05) is 91.1 Å². The summed E-state index contributed by atoms with van der Waals surface area (Å²) < 4.78 is 0. The van der Waals surface area contributed by atoms with E-state index in [-0.39, 0.29) is 6.04 Å². The molecule has 0 bridgehead atoms. The van der Waals surface area contributed by atoms with E-state index in [1.165, 1.54) is 0 Å². The van der Waals surface area contributed by atoms with E-state index in [2.05, 4.69) is 14.7 Å². The minimum Gasteiger partial charge on any atom is -0.330 e. The Bertz CT molecular complexity index is 248. The van der Waals surface area contributed by atoms with Gasteiger partial charge in [-0.15, -0.1) is 0 Å². The minimum atomic E-state index is 0.0972. The van der Waals surface area contributed by atoms with E-state index in [9.17, 15) is 0 Å². The molecule has 0 spiro atoms. The maximum Gasteiger partial charge on any atom is 0.0179 e. The van der Waals surface area contributed by atoms with Crippen molar-refractivity contribution in [1.29, 1.82) is 0 Å². The van der Waals surface area contributed by atoms with Crippen molar-refractivity contribution in [1.82, 2.24) is 14.7 Å². The van der Waals surface area contributed by atoms with Crippen LogP contribution in [-0.2, 0) is 0 Å². The molecule has 0 amide bonds. The van der Waals surface area contributed by atoms with E-state index in [0.717, 1.165) is 65.3 Å². The molecule has 0 aliphatic carbocycles. The SMILES string of the molecule is NCCC(N)CN(CCN(CCN)CCN)CCN(CCN)CCN. The lowest BCUT2D eigenvalue weighted by atomic mass is 10.2. The zero-order valence-corrected chi connectivity index (χ0v) is 16.0. The standard InChI is InChI=1S/C16H43N9/c17-2-1-16(22)15-25(13-11-23(7-3-18)8-4-19)14-12-24(9-5-20)10-6-21/h16H,1-15,17-22H2. The predicted molar refractivity (Wildman–Crippen MR) is 107 cm³/mol. The maximum atomic E-state index is 6.20. The lowest BCUT2D eigenvalue weighted by Crippen LogP contribution is -2.47. The van der Waals surface area contributed by atoms with Gasteiger partial charge >= 0.3 is 0 Å². The fourth-order valence-electron chi connectivity index (χ4n) is 2.90. The van der Waals surface area contributed by atoms with Gasteiger partial charge in [-0.2, -0.15) is 0 Å². The van der Waals surface area contributed by atoms with E-state index in [1.807, 2.05) is 0 Å². The van der Waals surface area contributed by atoms with Gasteiger partial charge in [0.05, 0.1) is 0 Å². The third-order valence-corrected chi connectivity index (χ3v) is 4.28. The highest BCUT2D eigenvalue weighted by molar-refractivity contribution is 4.73. The van der Waals surface area contributed by atoms with Gasteiger partial charge < -0.3 is 34.4 Å². The average Bonchev–Trinajstić information content (AvgIpc) is 2.58. The van der Waals surface area contributed by atoms with Crippen molar-refractivity contribution in [2.75, 3.05) is 91.6 Å². The van der Waals surface area contributed by atoms with Crippen LogP contribution >= 0.6 is 0 Å². The summed E-state index contributed by atoms with van der Waals surface area (Å²) in [5, 5.41) is 0. The monoisotopic (exact) mass is 361 g/mol. The highest BCUT2D eigenvalue weighted by atomic mass is 15.2. The molecule has 0 aromatic carbocycles. The van der Waals surface area contributed by atoms with Crippen molar-refractivity contribution in [2.24, 2.45) is 34.4 Å². The molecule has 0 rings (SSSR count). The topological polar surface area (TPSA) is 166 Å². The first-order valence-electron chi connectivity index (χ1n) is 9.54. The first kappa shape index (κ1) is 24.6. The average molecular weight is 362 g/mol. The van der Waals surface area contributed by atoms with E-state index in [4.69, 9.17) is 34.4 Å². The predicted octanol–water partition coefficient (Wildman–Crippen LogP) is -3.60. The van der Waals surface area contributed by atoms with Crippen molar-refractivity contribution in [3.8, 4) is 0 Å². The third-order valence-electron chi connectivity index (χ3n) is 4.28. The molecule has 12 N–H and O–H groups in total. The normalized spacial score (nSPS) is 13.3. The van der Waals surface area contributed by atoms with Crippen LogP contribution < -0.4 is 34.4 Å². The first-order valence-corrected chi connectivity index (χ1v) is 9.54. The van der Waals surface area contributed by atoms with E-state index in [1.54, 1.807) is 0 Å². The van der Waals surface area contributed by atoms with Gasteiger partial charge in [0.2, 0.25) is 0 Å². The molecule has 1 unspecified atom stereocenters. The molecular weight excluding hydrogens is 318 g/mol. The molecule has 1 atom stereocenters. The smallest absolute Gasteiger partial charge is 0.0179 e. The molecule has 0 aromatic rings. The second-order valence-electron chi connectivity index (χ2n) is 6.48. The zero-order valence-electron chi connectivity index (χ0n) is 16.0. The molecular formula is C16H43N9. The Hall–Kier alpha value is -0.360. The van der Waals surface area contributed by atoms with Crippen molar-refractivity contribution >= 4 is 0 Å². The Labute approximate surface area is 154 Å². The summed E-state index contributed by atoms with van der Waals surface area (Å²) in [6, 6.07) is 0.0972. The Balaban J connectivity index is 4.55. The molecule has 25 heavy (non-hydrogen) atoms. The van der Waals surface area contributed by atoms with Crippen LogP contribution in [0.5, 0.6) is 0 Å². The van der Waals surface area contributed by atoms with Crippen molar-refractivity contribution in [3.63, 3.8) is 0 Å². The number of nitrogens with zero attached hydrogens (tertiary/aromatic N) is 3. The van der Waals surface area contributed by atoms with Crippen LogP contribution in [0.3, 0.4) is 0 Å². The number of hydrogen-bond donors (Lipinski definition) is 6. The molecule has 9 nitrogen and oxygen atoms in total. The third kappa shape index (κ3) is 13.5. The first-order chi connectivity index (χ1) is 12.1.